The van der Waals surface area contributed by atoms with Gasteiger partial charge in [0.05, 0.1) is 11.8 Å². The number of nitrogens with zero attached hydrogens (tertiary/aromatic N) is 1. The maximum atomic E-state index is 11.1. The Morgan fingerprint density at radius 1 is 1.79 bits per heavy atom. The molecule has 1 N–H and O–H groups in total. The molecule has 0 fully saturated rings. The number of aromatic nitrogens is 1. The van der Waals surface area contributed by atoms with Crippen molar-refractivity contribution in [3.8, 4) is 0 Å². The van der Waals surface area contributed by atoms with E-state index >= 15 is 0 Å². The monoisotopic (exact) mass is 199 g/mol. The molecular formula is C9H13NO4. The summed E-state index contributed by atoms with van der Waals surface area (Å²) in [5.41, 5.74) is -0.925. The van der Waals surface area contributed by atoms with E-state index in [1.54, 1.807) is 13.8 Å². The van der Waals surface area contributed by atoms with Crippen LogP contribution in [0.25, 0.3) is 0 Å². The summed E-state index contributed by atoms with van der Waals surface area (Å²) in [5.74, 6) is -0.589. The van der Waals surface area contributed by atoms with Crippen molar-refractivity contribution in [3.05, 3.63) is 17.5 Å². The molecule has 0 aliphatic carbocycles. The largest absolute Gasteiger partial charge is 0.479 e. The first-order valence-electron chi connectivity index (χ1n) is 4.31. The summed E-state index contributed by atoms with van der Waals surface area (Å²) < 4.78 is 10.0. The molecule has 0 aliphatic heterocycles. The third-order valence-corrected chi connectivity index (χ3v) is 2.11. The van der Waals surface area contributed by atoms with Crippen molar-refractivity contribution in [2.45, 2.75) is 26.4 Å². The van der Waals surface area contributed by atoms with E-state index in [1.807, 2.05) is 0 Å². The number of ether oxygens (including phenoxy) is 1. The van der Waals surface area contributed by atoms with E-state index in [9.17, 15) is 4.79 Å². The first-order valence-corrected chi connectivity index (χ1v) is 4.31. The Balaban J connectivity index is 3.12. The highest BCUT2D eigenvalue weighted by Crippen LogP contribution is 2.28. The Kier molecular flexibility index (Phi) is 2.90. The average Bonchev–Trinajstić information content (AvgIpc) is 2.51. The van der Waals surface area contributed by atoms with Crippen LogP contribution >= 0.6 is 0 Å². The minimum atomic E-state index is -1.38. The van der Waals surface area contributed by atoms with Crippen LogP contribution in [-0.4, -0.2) is 22.8 Å². The molecule has 1 unspecified atom stereocenters. The third-order valence-electron chi connectivity index (χ3n) is 2.11. The third kappa shape index (κ3) is 1.63. The van der Waals surface area contributed by atoms with Gasteiger partial charge in [0.2, 0.25) is 0 Å². The van der Waals surface area contributed by atoms with Crippen LogP contribution in [0.3, 0.4) is 0 Å². The molecule has 0 saturated heterocycles. The van der Waals surface area contributed by atoms with Gasteiger partial charge in [0, 0.05) is 6.61 Å². The van der Waals surface area contributed by atoms with Crippen molar-refractivity contribution in [2.24, 2.45) is 0 Å². The Hall–Kier alpha value is -1.36. The molecule has 1 heterocycles. The predicted octanol–water partition coefficient (Wildman–Crippen LogP) is 1.32. The maximum absolute atomic E-state index is 11.1. The zero-order chi connectivity index (χ0) is 10.8. The highest BCUT2D eigenvalue weighted by atomic mass is 16.5. The van der Waals surface area contributed by atoms with Crippen molar-refractivity contribution in [3.63, 3.8) is 0 Å². The van der Waals surface area contributed by atoms with Gasteiger partial charge in [-0.25, -0.2) is 4.79 Å². The predicted molar refractivity (Wildman–Crippen MR) is 47.9 cm³/mol. The van der Waals surface area contributed by atoms with Gasteiger partial charge in [-0.1, -0.05) is 5.16 Å². The van der Waals surface area contributed by atoms with Crippen molar-refractivity contribution in [2.75, 3.05) is 6.61 Å². The van der Waals surface area contributed by atoms with Crippen molar-refractivity contribution >= 4 is 5.97 Å². The van der Waals surface area contributed by atoms with Gasteiger partial charge in [-0.2, -0.15) is 0 Å². The van der Waals surface area contributed by atoms with E-state index in [0.717, 1.165) is 0 Å². The Labute approximate surface area is 81.7 Å². The molecule has 0 spiro atoms. The summed E-state index contributed by atoms with van der Waals surface area (Å²) in [6.07, 6.45) is 1.37. The lowest BCUT2D eigenvalue weighted by atomic mass is 9.97. The molecule has 0 bridgehead atoms. The molecule has 1 aromatic heterocycles. The minimum absolute atomic E-state index is 0.313. The Morgan fingerprint density at radius 3 is 2.79 bits per heavy atom. The Bertz CT molecular complexity index is 333. The van der Waals surface area contributed by atoms with E-state index in [-0.39, 0.29) is 0 Å². The van der Waals surface area contributed by atoms with Crippen LogP contribution in [0, 0.1) is 6.92 Å². The number of hydrogen-bond donors (Lipinski definition) is 1. The van der Waals surface area contributed by atoms with Crippen LogP contribution in [0.2, 0.25) is 0 Å². The fourth-order valence-corrected chi connectivity index (χ4v) is 1.30. The van der Waals surface area contributed by atoms with Gasteiger partial charge in [0.25, 0.3) is 0 Å². The number of carboxylic acid groups (broad SMARTS) is 1. The number of carboxylic acids is 1. The smallest absolute Gasteiger partial charge is 0.340 e. The summed E-state index contributed by atoms with van der Waals surface area (Å²) in [6, 6.07) is 0. The zero-order valence-corrected chi connectivity index (χ0v) is 8.40. The van der Waals surface area contributed by atoms with E-state index < -0.39 is 11.6 Å². The van der Waals surface area contributed by atoms with E-state index in [0.29, 0.717) is 17.9 Å². The molecule has 1 rings (SSSR count). The summed E-state index contributed by atoms with van der Waals surface area (Å²) in [6.45, 7) is 5.19. The molecule has 0 aromatic carbocycles. The number of hydrogen-bond acceptors (Lipinski definition) is 4. The zero-order valence-electron chi connectivity index (χ0n) is 8.40. The van der Waals surface area contributed by atoms with Crippen molar-refractivity contribution < 1.29 is 19.2 Å². The van der Waals surface area contributed by atoms with Gasteiger partial charge >= 0.3 is 5.97 Å². The maximum Gasteiger partial charge on any atom is 0.340 e. The van der Waals surface area contributed by atoms with E-state index in [4.69, 9.17) is 14.4 Å². The summed E-state index contributed by atoms with van der Waals surface area (Å²) >= 11 is 0. The number of rotatable bonds is 4. The van der Waals surface area contributed by atoms with Gasteiger partial charge in [-0.3, -0.25) is 0 Å². The molecule has 0 saturated carbocycles. The van der Waals surface area contributed by atoms with Crippen LogP contribution in [-0.2, 0) is 15.1 Å². The van der Waals surface area contributed by atoms with Gasteiger partial charge in [-0.05, 0) is 20.8 Å². The summed E-state index contributed by atoms with van der Waals surface area (Å²) in [5, 5.41) is 12.6. The molecule has 5 heteroatoms. The lowest BCUT2D eigenvalue weighted by Gasteiger charge is -2.23. The quantitative estimate of drug-likeness (QED) is 0.791. The molecule has 1 atom stereocenters. The van der Waals surface area contributed by atoms with Crippen LogP contribution in [0.1, 0.15) is 25.2 Å². The number of carbonyl (C=O) groups is 1. The molecule has 78 valence electrons. The van der Waals surface area contributed by atoms with Crippen LogP contribution in [0.4, 0.5) is 0 Å². The molecule has 1 aromatic rings. The highest BCUT2D eigenvalue weighted by Gasteiger charge is 2.39. The second-order valence-corrected chi connectivity index (χ2v) is 3.07. The number of aryl methyl sites for hydroxylation is 1. The fraction of sp³-hybridized carbons (Fsp3) is 0.556. The number of aliphatic carboxylic acids is 1. The first-order chi connectivity index (χ1) is 6.52. The van der Waals surface area contributed by atoms with Gasteiger partial charge in [0.1, 0.15) is 5.76 Å². The molecule has 0 amide bonds. The van der Waals surface area contributed by atoms with Gasteiger partial charge in [-0.15, -0.1) is 0 Å². The molecule has 0 aliphatic rings. The van der Waals surface area contributed by atoms with E-state index in [2.05, 4.69) is 5.16 Å². The van der Waals surface area contributed by atoms with Crippen LogP contribution in [0.5, 0.6) is 0 Å². The second-order valence-electron chi connectivity index (χ2n) is 3.07. The van der Waals surface area contributed by atoms with E-state index in [1.165, 1.54) is 13.1 Å². The van der Waals surface area contributed by atoms with Crippen LogP contribution < -0.4 is 0 Å². The normalized spacial score (nSPS) is 15.1. The standard InChI is InChI=1S/C9H13NO4/c1-4-13-9(3,8(11)12)7-5-10-14-6(7)2/h5H,4H2,1-3H3,(H,11,12). The van der Waals surface area contributed by atoms with Crippen molar-refractivity contribution in [1.29, 1.82) is 0 Å². The summed E-state index contributed by atoms with van der Waals surface area (Å²) in [7, 11) is 0. The second kappa shape index (κ2) is 3.79. The average molecular weight is 199 g/mol. The molecular weight excluding hydrogens is 186 g/mol. The van der Waals surface area contributed by atoms with Gasteiger partial charge < -0.3 is 14.4 Å². The minimum Gasteiger partial charge on any atom is -0.479 e. The summed E-state index contributed by atoms with van der Waals surface area (Å²) in [4.78, 5) is 11.1. The lowest BCUT2D eigenvalue weighted by molar-refractivity contribution is -0.164. The fourth-order valence-electron chi connectivity index (χ4n) is 1.30. The van der Waals surface area contributed by atoms with Gasteiger partial charge in [0.15, 0.2) is 5.60 Å². The highest BCUT2D eigenvalue weighted by molar-refractivity contribution is 5.79. The Morgan fingerprint density at radius 2 is 2.43 bits per heavy atom. The SMILES string of the molecule is CCOC(C)(C(=O)O)c1cnoc1C. The lowest BCUT2D eigenvalue weighted by Crippen LogP contribution is -2.35. The van der Waals surface area contributed by atoms with Crippen molar-refractivity contribution in [1.82, 2.24) is 5.16 Å². The molecule has 0 radical (unpaired) electrons. The van der Waals surface area contributed by atoms with Crippen LogP contribution in [0.15, 0.2) is 10.7 Å². The molecule has 14 heavy (non-hydrogen) atoms. The molecule has 5 nitrogen and oxygen atoms in total. The topological polar surface area (TPSA) is 72.6 Å². The first kappa shape index (κ1) is 10.7.